The highest BCUT2D eigenvalue weighted by Gasteiger charge is 2.23. The molecule has 2 aromatic carbocycles. The maximum Gasteiger partial charge on any atom is 0.225 e. The number of phenols is 2. The molecule has 0 saturated carbocycles. The van der Waals surface area contributed by atoms with E-state index in [1.807, 2.05) is 0 Å². The first-order valence-electron chi connectivity index (χ1n) is 7.60. The monoisotopic (exact) mass is 376 g/mol. The van der Waals surface area contributed by atoms with E-state index in [1.165, 1.54) is 25.3 Å². The molecule has 0 aliphatic carbocycles. The van der Waals surface area contributed by atoms with Gasteiger partial charge in [-0.25, -0.2) is 8.78 Å². The fourth-order valence-corrected chi connectivity index (χ4v) is 2.58. The Morgan fingerprint density at radius 2 is 1.96 bits per heavy atom. The second-order valence-corrected chi connectivity index (χ2v) is 5.53. The van der Waals surface area contributed by atoms with Crippen LogP contribution in [-0.4, -0.2) is 38.0 Å². The normalized spacial score (nSPS) is 10.8. The van der Waals surface area contributed by atoms with Gasteiger partial charge < -0.3 is 20.7 Å². The minimum atomic E-state index is -1.20. The van der Waals surface area contributed by atoms with Gasteiger partial charge in [-0.3, -0.25) is 9.36 Å². The summed E-state index contributed by atoms with van der Waals surface area (Å²) in [5.74, 6) is -3.99. The van der Waals surface area contributed by atoms with Crippen LogP contribution in [0, 0.1) is 11.6 Å². The molecule has 0 bridgehead atoms. The molecule has 140 valence electrons. The van der Waals surface area contributed by atoms with Crippen molar-refractivity contribution in [3.63, 3.8) is 0 Å². The van der Waals surface area contributed by atoms with Gasteiger partial charge >= 0.3 is 0 Å². The number of hydrogen-bond donors (Lipinski definition) is 3. The summed E-state index contributed by atoms with van der Waals surface area (Å²) in [6.45, 7) is 0. The number of nitrogens with zero attached hydrogens (tertiary/aromatic N) is 3. The molecule has 10 heteroatoms. The molecule has 3 rings (SSSR count). The largest absolute Gasteiger partial charge is 0.507 e. The maximum absolute atomic E-state index is 14.4. The van der Waals surface area contributed by atoms with Gasteiger partial charge in [0.2, 0.25) is 5.91 Å². The van der Waals surface area contributed by atoms with Crippen molar-refractivity contribution in [3.05, 3.63) is 47.8 Å². The van der Waals surface area contributed by atoms with Crippen molar-refractivity contribution in [1.82, 2.24) is 14.8 Å². The first-order chi connectivity index (χ1) is 12.8. The van der Waals surface area contributed by atoms with E-state index in [2.05, 4.69) is 10.2 Å². The molecule has 27 heavy (non-hydrogen) atoms. The summed E-state index contributed by atoms with van der Waals surface area (Å²) < 4.78 is 34.2. The Morgan fingerprint density at radius 1 is 1.22 bits per heavy atom. The second-order valence-electron chi connectivity index (χ2n) is 5.53. The number of ether oxygens (including phenoxy) is 1. The summed E-state index contributed by atoms with van der Waals surface area (Å²) in [6.07, 6.45) is -0.404. The van der Waals surface area contributed by atoms with Gasteiger partial charge in [0.05, 0.1) is 24.8 Å². The SMILES string of the molecule is COc1cc(-c2nnc(CC(N)=O)n2-c2cccc(F)c2F)c(O)cc1O. The number of rotatable bonds is 5. The molecule has 1 heterocycles. The van der Waals surface area contributed by atoms with Gasteiger partial charge in [0.1, 0.15) is 11.6 Å². The number of methoxy groups -OCH3 is 1. The summed E-state index contributed by atoms with van der Waals surface area (Å²) in [6, 6.07) is 5.70. The molecule has 0 fully saturated rings. The molecule has 0 aliphatic rings. The van der Waals surface area contributed by atoms with Gasteiger partial charge in [0.25, 0.3) is 0 Å². The number of phenolic OH excluding ortho intramolecular Hbond substituents is 2. The van der Waals surface area contributed by atoms with Crippen molar-refractivity contribution in [1.29, 1.82) is 0 Å². The highest BCUT2D eigenvalue weighted by molar-refractivity contribution is 5.77. The topological polar surface area (TPSA) is 123 Å². The number of aromatic hydroxyl groups is 2. The smallest absolute Gasteiger partial charge is 0.225 e. The predicted octanol–water partition coefficient (Wildman–Crippen LogP) is 1.66. The Kier molecular flexibility index (Phi) is 4.63. The van der Waals surface area contributed by atoms with Crippen LogP contribution in [0.3, 0.4) is 0 Å². The molecule has 3 aromatic rings. The Hall–Kier alpha value is -3.69. The van der Waals surface area contributed by atoms with Crippen LogP contribution in [0.2, 0.25) is 0 Å². The molecule has 0 unspecified atom stereocenters. The van der Waals surface area contributed by atoms with Crippen molar-refractivity contribution in [2.45, 2.75) is 6.42 Å². The predicted molar refractivity (Wildman–Crippen MR) is 89.5 cm³/mol. The van der Waals surface area contributed by atoms with Gasteiger partial charge in [0.15, 0.2) is 29.0 Å². The molecule has 0 saturated heterocycles. The van der Waals surface area contributed by atoms with Crippen LogP contribution in [0.25, 0.3) is 17.1 Å². The molecular formula is C17H14F2N4O4. The molecule has 0 radical (unpaired) electrons. The lowest BCUT2D eigenvalue weighted by atomic mass is 10.1. The summed E-state index contributed by atoms with van der Waals surface area (Å²) in [5.41, 5.74) is 4.92. The lowest BCUT2D eigenvalue weighted by Gasteiger charge is -2.13. The van der Waals surface area contributed by atoms with Gasteiger partial charge in [-0.1, -0.05) is 6.07 Å². The quantitative estimate of drug-likeness (QED) is 0.622. The zero-order valence-corrected chi connectivity index (χ0v) is 14.0. The van der Waals surface area contributed by atoms with Gasteiger partial charge in [-0.15, -0.1) is 10.2 Å². The summed E-state index contributed by atoms with van der Waals surface area (Å²) in [4.78, 5) is 11.3. The summed E-state index contributed by atoms with van der Waals surface area (Å²) >= 11 is 0. The van der Waals surface area contributed by atoms with Crippen molar-refractivity contribution >= 4 is 5.91 Å². The number of aromatic nitrogens is 3. The molecular weight excluding hydrogens is 362 g/mol. The lowest BCUT2D eigenvalue weighted by Crippen LogP contribution is -2.17. The number of halogens is 2. The van der Waals surface area contributed by atoms with E-state index in [1.54, 1.807) is 0 Å². The number of primary amides is 1. The van der Waals surface area contributed by atoms with E-state index in [-0.39, 0.29) is 34.4 Å². The molecule has 8 nitrogen and oxygen atoms in total. The number of benzene rings is 2. The fraction of sp³-hybridized carbons (Fsp3) is 0.118. The third kappa shape index (κ3) is 3.24. The lowest BCUT2D eigenvalue weighted by molar-refractivity contribution is -0.117. The molecule has 0 spiro atoms. The van der Waals surface area contributed by atoms with Crippen LogP contribution in [0.4, 0.5) is 8.78 Å². The average molecular weight is 376 g/mol. The molecule has 4 N–H and O–H groups in total. The highest BCUT2D eigenvalue weighted by atomic mass is 19.2. The van der Waals surface area contributed by atoms with Gasteiger partial charge in [0, 0.05) is 6.07 Å². The Morgan fingerprint density at radius 3 is 2.63 bits per heavy atom. The van der Waals surface area contributed by atoms with Crippen molar-refractivity contribution in [2.24, 2.45) is 5.73 Å². The Labute approximate surface area is 151 Å². The van der Waals surface area contributed by atoms with Crippen molar-refractivity contribution < 1.29 is 28.5 Å². The fourth-order valence-electron chi connectivity index (χ4n) is 2.58. The van der Waals surface area contributed by atoms with E-state index in [0.717, 1.165) is 16.7 Å². The molecule has 1 amide bonds. The molecule has 1 aromatic heterocycles. The molecule has 0 atom stereocenters. The first-order valence-corrected chi connectivity index (χ1v) is 7.60. The first kappa shape index (κ1) is 18.1. The standard InChI is InChI=1S/C17H14F2N4O4/c1-27-13-5-8(11(24)6-12(13)25)17-22-21-15(7-14(20)26)23(17)10-4-2-3-9(18)16(10)19/h2-6,24-25H,7H2,1H3,(H2,20,26). The molecule has 0 aliphatic heterocycles. The number of carbonyl (C=O) groups is 1. The van der Waals surface area contributed by atoms with Crippen molar-refractivity contribution in [2.75, 3.05) is 7.11 Å². The van der Waals surface area contributed by atoms with E-state index in [0.29, 0.717) is 0 Å². The van der Waals surface area contributed by atoms with Gasteiger partial charge in [-0.2, -0.15) is 0 Å². The van der Waals surface area contributed by atoms with Crippen LogP contribution in [-0.2, 0) is 11.2 Å². The number of nitrogens with two attached hydrogens (primary N) is 1. The zero-order chi connectivity index (χ0) is 19.7. The van der Waals surface area contributed by atoms with Crippen LogP contribution >= 0.6 is 0 Å². The summed E-state index contributed by atoms with van der Waals surface area (Å²) in [7, 11) is 1.30. The van der Waals surface area contributed by atoms with Crippen LogP contribution < -0.4 is 10.5 Å². The van der Waals surface area contributed by atoms with Crippen molar-refractivity contribution in [3.8, 4) is 34.3 Å². The number of hydrogen-bond acceptors (Lipinski definition) is 6. The third-order valence-electron chi connectivity index (χ3n) is 3.77. The summed E-state index contributed by atoms with van der Waals surface area (Å²) in [5, 5.41) is 27.6. The number of amides is 1. The number of carbonyl (C=O) groups excluding carboxylic acids is 1. The van der Waals surface area contributed by atoms with Crippen LogP contribution in [0.5, 0.6) is 17.2 Å². The Bertz CT molecular complexity index is 1040. The second kappa shape index (κ2) is 6.90. The van der Waals surface area contributed by atoms with E-state index < -0.39 is 29.7 Å². The van der Waals surface area contributed by atoms with E-state index in [9.17, 15) is 23.8 Å². The minimum absolute atomic E-state index is 0.00788. The van der Waals surface area contributed by atoms with E-state index in [4.69, 9.17) is 10.5 Å². The maximum atomic E-state index is 14.4. The van der Waals surface area contributed by atoms with E-state index >= 15 is 0 Å². The highest BCUT2D eigenvalue weighted by Crippen LogP contribution is 2.39. The Balaban J connectivity index is 2.31. The van der Waals surface area contributed by atoms with Crippen LogP contribution in [0.1, 0.15) is 5.82 Å². The average Bonchev–Trinajstić information content (AvgIpc) is 3.00. The van der Waals surface area contributed by atoms with Gasteiger partial charge in [-0.05, 0) is 18.2 Å². The van der Waals surface area contributed by atoms with Crippen LogP contribution in [0.15, 0.2) is 30.3 Å². The minimum Gasteiger partial charge on any atom is -0.507 e. The zero-order valence-electron chi connectivity index (χ0n) is 14.0. The third-order valence-corrected chi connectivity index (χ3v) is 3.77.